The fourth-order valence-corrected chi connectivity index (χ4v) is 5.47. The van der Waals surface area contributed by atoms with E-state index in [1.54, 1.807) is 41.2 Å². The molecule has 0 bridgehead atoms. The minimum atomic E-state index is -4.41. The van der Waals surface area contributed by atoms with Crippen LogP contribution in [-0.4, -0.2) is 63.0 Å². The molecule has 198 valence electrons. The molecule has 2 heterocycles. The molecule has 0 amide bonds. The fraction of sp³-hybridized carbons (Fsp3) is 0.208. The number of rotatable bonds is 12. The summed E-state index contributed by atoms with van der Waals surface area (Å²) in [6.45, 7) is 0.407. The SMILES string of the molecule is NCCNc1ccn2ncc(-c3cccc(CN(CCC(=O)O)S(=O)(=O)c4ccccc4[N+](=O)[O-])c3)c2n1. The normalized spacial score (nSPS) is 11.6. The molecule has 0 atom stereocenters. The van der Waals surface area contributed by atoms with Crippen LogP contribution in [0.2, 0.25) is 0 Å². The Morgan fingerprint density at radius 2 is 1.97 bits per heavy atom. The zero-order valence-corrected chi connectivity index (χ0v) is 20.9. The fourth-order valence-electron chi connectivity index (χ4n) is 3.88. The highest BCUT2D eigenvalue weighted by molar-refractivity contribution is 7.89. The standard InChI is InChI=1S/C24H25N7O6S/c25-10-11-26-22-8-13-30-24(28-22)19(15-27-30)18-5-3-4-17(14-18)16-29(12-9-23(32)33)38(36,37)21-7-2-1-6-20(21)31(34)35/h1-8,13-15H,9-12,16,25H2,(H,26,28)(H,32,33). The minimum absolute atomic E-state index is 0.203. The van der Waals surface area contributed by atoms with Crippen LogP contribution in [0.5, 0.6) is 0 Å². The molecule has 4 aromatic rings. The van der Waals surface area contributed by atoms with Gasteiger partial charge in [0.2, 0.25) is 10.0 Å². The first-order valence-corrected chi connectivity index (χ1v) is 13.0. The lowest BCUT2D eigenvalue weighted by molar-refractivity contribution is -0.387. The van der Waals surface area contributed by atoms with E-state index in [-0.39, 0.29) is 13.1 Å². The number of carboxylic acid groups (broad SMARTS) is 1. The Hall–Kier alpha value is -4.40. The predicted octanol–water partition coefficient (Wildman–Crippen LogP) is 2.34. The van der Waals surface area contributed by atoms with Crippen molar-refractivity contribution in [3.63, 3.8) is 0 Å². The number of anilines is 1. The van der Waals surface area contributed by atoms with E-state index in [1.807, 2.05) is 6.07 Å². The lowest BCUT2D eigenvalue weighted by atomic mass is 10.1. The molecule has 0 aliphatic heterocycles. The Morgan fingerprint density at radius 3 is 2.71 bits per heavy atom. The van der Waals surface area contributed by atoms with Gasteiger partial charge in [-0.15, -0.1) is 0 Å². The first-order valence-electron chi connectivity index (χ1n) is 11.5. The zero-order valence-electron chi connectivity index (χ0n) is 20.1. The van der Waals surface area contributed by atoms with Crippen LogP contribution in [-0.2, 0) is 21.4 Å². The van der Waals surface area contributed by atoms with Gasteiger partial charge in [-0.05, 0) is 29.3 Å². The number of nitrogens with zero attached hydrogens (tertiary/aromatic N) is 5. The number of hydrogen-bond acceptors (Lipinski definition) is 9. The summed E-state index contributed by atoms with van der Waals surface area (Å²) in [5.41, 5.74) is 7.49. The van der Waals surface area contributed by atoms with Gasteiger partial charge in [-0.3, -0.25) is 14.9 Å². The Morgan fingerprint density at radius 1 is 1.18 bits per heavy atom. The van der Waals surface area contributed by atoms with Gasteiger partial charge in [0.15, 0.2) is 10.5 Å². The number of nitrogens with one attached hydrogen (secondary N) is 1. The van der Waals surface area contributed by atoms with Gasteiger partial charge in [-0.25, -0.2) is 17.9 Å². The molecule has 0 spiro atoms. The number of carbonyl (C=O) groups is 1. The molecule has 0 aliphatic carbocycles. The monoisotopic (exact) mass is 539 g/mol. The van der Waals surface area contributed by atoms with Gasteiger partial charge in [-0.1, -0.05) is 30.3 Å². The number of para-hydroxylation sites is 1. The molecule has 2 aromatic heterocycles. The van der Waals surface area contributed by atoms with E-state index in [4.69, 9.17) is 5.73 Å². The molecule has 14 heteroatoms. The van der Waals surface area contributed by atoms with E-state index in [2.05, 4.69) is 15.4 Å². The van der Waals surface area contributed by atoms with Crippen LogP contribution in [0.15, 0.2) is 71.9 Å². The largest absolute Gasteiger partial charge is 0.481 e. The Kier molecular flexibility index (Phi) is 7.95. The zero-order chi connectivity index (χ0) is 27.3. The lowest BCUT2D eigenvalue weighted by Crippen LogP contribution is -2.33. The Balaban J connectivity index is 1.70. The summed E-state index contributed by atoms with van der Waals surface area (Å²) >= 11 is 0. The van der Waals surface area contributed by atoms with E-state index in [0.717, 1.165) is 16.4 Å². The molecule has 0 saturated heterocycles. The number of aliphatic carboxylic acids is 1. The van der Waals surface area contributed by atoms with Crippen molar-refractivity contribution in [1.29, 1.82) is 0 Å². The van der Waals surface area contributed by atoms with Gasteiger partial charge in [0.1, 0.15) is 5.82 Å². The van der Waals surface area contributed by atoms with E-state index >= 15 is 0 Å². The van der Waals surface area contributed by atoms with Crippen molar-refractivity contribution in [1.82, 2.24) is 18.9 Å². The van der Waals surface area contributed by atoms with Crippen LogP contribution in [0.3, 0.4) is 0 Å². The number of nitro benzene ring substituents is 1. The van der Waals surface area contributed by atoms with Gasteiger partial charge < -0.3 is 16.2 Å². The molecule has 38 heavy (non-hydrogen) atoms. The maximum absolute atomic E-state index is 13.5. The molecule has 13 nitrogen and oxygen atoms in total. The first kappa shape index (κ1) is 26.7. The second kappa shape index (κ2) is 11.3. The van der Waals surface area contributed by atoms with Gasteiger partial charge in [0.05, 0.1) is 17.5 Å². The van der Waals surface area contributed by atoms with Crippen molar-refractivity contribution in [3.8, 4) is 11.1 Å². The molecule has 4 N–H and O–H groups in total. The third kappa shape index (κ3) is 5.77. The molecular weight excluding hydrogens is 514 g/mol. The summed E-state index contributed by atoms with van der Waals surface area (Å²) in [6.07, 6.45) is 2.91. The van der Waals surface area contributed by atoms with Gasteiger partial charge in [-0.2, -0.15) is 9.40 Å². The minimum Gasteiger partial charge on any atom is -0.481 e. The molecule has 0 unspecified atom stereocenters. The number of nitrogens with two attached hydrogens (primary N) is 1. The third-order valence-corrected chi connectivity index (χ3v) is 7.56. The second-order valence-corrected chi connectivity index (χ2v) is 10.2. The highest BCUT2D eigenvalue weighted by Crippen LogP contribution is 2.29. The van der Waals surface area contributed by atoms with Crippen molar-refractivity contribution in [2.45, 2.75) is 17.9 Å². The van der Waals surface area contributed by atoms with E-state index in [9.17, 15) is 28.4 Å². The summed E-state index contributed by atoms with van der Waals surface area (Å²) in [5, 5.41) is 28.1. The maximum Gasteiger partial charge on any atom is 0.304 e. The number of benzene rings is 2. The topological polar surface area (TPSA) is 186 Å². The number of sulfonamides is 1. The van der Waals surface area contributed by atoms with Crippen LogP contribution in [0.1, 0.15) is 12.0 Å². The predicted molar refractivity (Wildman–Crippen MR) is 139 cm³/mol. The summed E-state index contributed by atoms with van der Waals surface area (Å²) < 4.78 is 29.5. The maximum atomic E-state index is 13.5. The average Bonchev–Trinajstić information content (AvgIpc) is 3.33. The molecule has 0 fully saturated rings. The summed E-state index contributed by atoms with van der Waals surface area (Å²) in [5.74, 6) is -0.575. The van der Waals surface area contributed by atoms with Crippen molar-refractivity contribution in [2.24, 2.45) is 5.73 Å². The quantitative estimate of drug-likeness (QED) is 0.178. The molecule has 4 rings (SSSR count). The van der Waals surface area contributed by atoms with E-state index in [0.29, 0.717) is 41.2 Å². The van der Waals surface area contributed by atoms with Crippen molar-refractivity contribution in [3.05, 3.63) is 82.7 Å². The molecule has 2 aromatic carbocycles. The average molecular weight is 540 g/mol. The molecular formula is C24H25N7O6S. The Labute approximate surface area is 217 Å². The lowest BCUT2D eigenvalue weighted by Gasteiger charge is -2.22. The molecule has 0 saturated carbocycles. The van der Waals surface area contributed by atoms with Crippen molar-refractivity contribution in [2.75, 3.05) is 25.0 Å². The first-order chi connectivity index (χ1) is 18.2. The number of carboxylic acids is 1. The molecule has 0 aliphatic rings. The number of hydrogen-bond donors (Lipinski definition) is 3. The van der Waals surface area contributed by atoms with Crippen molar-refractivity contribution < 1.29 is 23.2 Å². The van der Waals surface area contributed by atoms with Crippen LogP contribution < -0.4 is 11.1 Å². The van der Waals surface area contributed by atoms with Crippen LogP contribution in [0, 0.1) is 10.1 Å². The van der Waals surface area contributed by atoms with Gasteiger partial charge in [0, 0.05) is 44.0 Å². The van der Waals surface area contributed by atoms with Crippen LogP contribution in [0.4, 0.5) is 11.5 Å². The summed E-state index contributed by atoms with van der Waals surface area (Å²) in [6, 6.07) is 13.7. The molecule has 0 radical (unpaired) electrons. The summed E-state index contributed by atoms with van der Waals surface area (Å²) in [7, 11) is -4.41. The number of nitro groups is 1. The number of aromatic nitrogens is 3. The van der Waals surface area contributed by atoms with Gasteiger partial charge >= 0.3 is 5.97 Å². The van der Waals surface area contributed by atoms with Crippen molar-refractivity contribution >= 4 is 33.1 Å². The van der Waals surface area contributed by atoms with Crippen LogP contribution >= 0.6 is 0 Å². The number of fused-ring (bicyclic) bond motifs is 1. The highest BCUT2D eigenvalue weighted by atomic mass is 32.2. The van der Waals surface area contributed by atoms with Gasteiger partial charge in [0.25, 0.3) is 5.69 Å². The third-order valence-electron chi connectivity index (χ3n) is 5.67. The second-order valence-electron chi connectivity index (χ2n) is 8.26. The summed E-state index contributed by atoms with van der Waals surface area (Å²) in [4.78, 5) is 26.1. The van der Waals surface area contributed by atoms with E-state index in [1.165, 1.54) is 12.1 Å². The van der Waals surface area contributed by atoms with Crippen LogP contribution in [0.25, 0.3) is 16.8 Å². The highest BCUT2D eigenvalue weighted by Gasteiger charge is 2.31. The van der Waals surface area contributed by atoms with E-state index < -0.39 is 37.9 Å². The smallest absolute Gasteiger partial charge is 0.304 e. The Bertz CT molecular complexity index is 1590.